The summed E-state index contributed by atoms with van der Waals surface area (Å²) in [5.41, 5.74) is 3.40. The lowest BCUT2D eigenvalue weighted by atomic mass is 9.85. The predicted molar refractivity (Wildman–Crippen MR) is 101 cm³/mol. The number of cyclic esters (lactones) is 1. The molecule has 8 nitrogen and oxygen atoms in total. The van der Waals surface area contributed by atoms with Crippen molar-refractivity contribution in [3.63, 3.8) is 0 Å². The van der Waals surface area contributed by atoms with Crippen LogP contribution in [0.1, 0.15) is 36.3 Å². The van der Waals surface area contributed by atoms with Crippen LogP contribution >= 0.6 is 0 Å². The summed E-state index contributed by atoms with van der Waals surface area (Å²) >= 11 is 0. The van der Waals surface area contributed by atoms with Crippen LogP contribution in [-0.4, -0.2) is 20.6 Å². The van der Waals surface area contributed by atoms with E-state index < -0.39 is 17.8 Å². The molecule has 0 saturated heterocycles. The molecule has 142 valence electrons. The van der Waals surface area contributed by atoms with E-state index in [1.54, 1.807) is 17.6 Å². The maximum absolute atomic E-state index is 13.3. The first-order valence-corrected chi connectivity index (χ1v) is 9.04. The van der Waals surface area contributed by atoms with Gasteiger partial charge in [-0.3, -0.25) is 10.6 Å². The molecule has 0 aliphatic carbocycles. The lowest BCUT2D eigenvalue weighted by molar-refractivity contribution is -0.180. The Morgan fingerprint density at radius 2 is 2.14 bits per heavy atom. The molecule has 1 unspecified atom stereocenters. The van der Waals surface area contributed by atoms with Gasteiger partial charge in [0.05, 0.1) is 29.0 Å². The quantitative estimate of drug-likeness (QED) is 0.271. The van der Waals surface area contributed by atoms with E-state index >= 15 is 0 Å². The maximum atomic E-state index is 13.3. The zero-order valence-corrected chi connectivity index (χ0v) is 15.1. The molecule has 0 fully saturated rings. The van der Waals surface area contributed by atoms with Crippen LogP contribution in [-0.2, 0) is 21.7 Å². The Bertz CT molecular complexity index is 1220. The SMILES string of the molecule is CC[C@@]1(O)C(=O)OC(NN)c2c1cc1n(c2=O)Cc2cc3ccccc3nc2-1. The highest BCUT2D eigenvalue weighted by molar-refractivity contribution is 5.86. The van der Waals surface area contributed by atoms with E-state index in [2.05, 4.69) is 5.43 Å². The standard InChI is InChI=1S/C20H18N4O4/c1-2-20(27)12-8-14-16-11(7-10-5-3-4-6-13(10)22-16)9-24(14)18(25)15(12)17(23-21)28-19(20)26/h3-8,17,23,27H,2,9,21H2,1H3/t17?,20-/m0/s1. The molecule has 1 aromatic carbocycles. The Hall–Kier alpha value is -3.07. The van der Waals surface area contributed by atoms with E-state index in [-0.39, 0.29) is 23.1 Å². The number of benzene rings is 1. The molecule has 3 aromatic rings. The van der Waals surface area contributed by atoms with Crippen LogP contribution in [0.5, 0.6) is 0 Å². The minimum atomic E-state index is -1.91. The Morgan fingerprint density at radius 3 is 2.89 bits per heavy atom. The average molecular weight is 378 g/mol. The largest absolute Gasteiger partial charge is 0.438 e. The summed E-state index contributed by atoms with van der Waals surface area (Å²) in [7, 11) is 0. The summed E-state index contributed by atoms with van der Waals surface area (Å²) in [6, 6.07) is 11.4. The van der Waals surface area contributed by atoms with E-state index in [9.17, 15) is 14.7 Å². The number of carbonyl (C=O) groups is 1. The summed E-state index contributed by atoms with van der Waals surface area (Å²) in [4.78, 5) is 30.4. The second-order valence-electron chi connectivity index (χ2n) is 7.10. The van der Waals surface area contributed by atoms with Gasteiger partial charge in [-0.25, -0.2) is 15.2 Å². The van der Waals surface area contributed by atoms with Crippen molar-refractivity contribution >= 4 is 16.9 Å². The van der Waals surface area contributed by atoms with Crippen molar-refractivity contribution < 1.29 is 14.6 Å². The van der Waals surface area contributed by atoms with Crippen LogP contribution in [0.25, 0.3) is 22.3 Å². The number of aromatic nitrogens is 2. The number of fused-ring (bicyclic) bond motifs is 5. The van der Waals surface area contributed by atoms with Gasteiger partial charge in [-0.05, 0) is 24.6 Å². The monoisotopic (exact) mass is 378 g/mol. The summed E-state index contributed by atoms with van der Waals surface area (Å²) in [5, 5.41) is 12.0. The fourth-order valence-corrected chi connectivity index (χ4v) is 4.11. The molecule has 2 aliphatic heterocycles. The number of hydrazine groups is 1. The number of pyridine rings is 2. The maximum Gasteiger partial charge on any atom is 0.344 e. The Balaban J connectivity index is 1.82. The molecule has 0 bridgehead atoms. The third kappa shape index (κ3) is 2.07. The molecule has 2 atom stereocenters. The fraction of sp³-hybridized carbons (Fsp3) is 0.250. The number of hydrogen-bond acceptors (Lipinski definition) is 7. The van der Waals surface area contributed by atoms with Gasteiger partial charge in [-0.1, -0.05) is 25.1 Å². The first kappa shape index (κ1) is 17.1. The first-order chi connectivity index (χ1) is 13.5. The number of ether oxygens (including phenoxy) is 1. The highest BCUT2D eigenvalue weighted by atomic mass is 16.6. The molecule has 5 rings (SSSR count). The van der Waals surface area contributed by atoms with Crippen molar-refractivity contribution in [1.82, 2.24) is 15.0 Å². The number of aliphatic hydroxyl groups is 1. The van der Waals surface area contributed by atoms with Crippen LogP contribution in [0.15, 0.2) is 41.2 Å². The van der Waals surface area contributed by atoms with Crippen molar-refractivity contribution in [3.8, 4) is 11.4 Å². The van der Waals surface area contributed by atoms with Crippen molar-refractivity contribution in [2.45, 2.75) is 31.7 Å². The normalized spacial score (nSPS) is 22.5. The average Bonchev–Trinajstić information content (AvgIpc) is 3.07. The first-order valence-electron chi connectivity index (χ1n) is 9.04. The summed E-state index contributed by atoms with van der Waals surface area (Å²) in [5.74, 6) is 4.67. The Morgan fingerprint density at radius 1 is 1.36 bits per heavy atom. The van der Waals surface area contributed by atoms with Crippen LogP contribution in [0.4, 0.5) is 0 Å². The molecule has 28 heavy (non-hydrogen) atoms. The van der Waals surface area contributed by atoms with Crippen LogP contribution in [0.2, 0.25) is 0 Å². The number of carbonyl (C=O) groups excluding carboxylic acids is 1. The van der Waals surface area contributed by atoms with Crippen molar-refractivity contribution in [2.75, 3.05) is 0 Å². The zero-order chi connectivity index (χ0) is 19.6. The van der Waals surface area contributed by atoms with Crippen LogP contribution in [0.3, 0.4) is 0 Å². The predicted octanol–water partition coefficient (Wildman–Crippen LogP) is 1.04. The van der Waals surface area contributed by atoms with Gasteiger partial charge in [0.2, 0.25) is 0 Å². The van der Waals surface area contributed by atoms with Gasteiger partial charge >= 0.3 is 5.97 Å². The molecule has 2 aromatic heterocycles. The fourth-order valence-electron chi connectivity index (χ4n) is 4.11. The molecule has 0 radical (unpaired) electrons. The number of nitrogens with two attached hydrogens (primary N) is 1. The minimum absolute atomic E-state index is 0.0665. The molecular formula is C20H18N4O4. The number of rotatable bonds is 2. The Kier molecular flexibility index (Phi) is 3.48. The molecule has 0 amide bonds. The second kappa shape index (κ2) is 5.71. The van der Waals surface area contributed by atoms with Gasteiger partial charge in [0, 0.05) is 16.5 Å². The summed E-state index contributed by atoms with van der Waals surface area (Å²) < 4.78 is 6.77. The lowest BCUT2D eigenvalue weighted by Gasteiger charge is -2.35. The van der Waals surface area contributed by atoms with Gasteiger partial charge in [-0.2, -0.15) is 0 Å². The molecule has 0 saturated carbocycles. The van der Waals surface area contributed by atoms with Gasteiger partial charge < -0.3 is 14.4 Å². The molecule has 4 N–H and O–H groups in total. The molecule has 0 spiro atoms. The number of nitrogens with one attached hydrogen (secondary N) is 1. The highest BCUT2D eigenvalue weighted by Gasteiger charge is 2.48. The third-order valence-corrected chi connectivity index (χ3v) is 5.64. The molecule has 4 heterocycles. The lowest BCUT2D eigenvalue weighted by Crippen LogP contribution is -2.50. The topological polar surface area (TPSA) is 119 Å². The smallest absolute Gasteiger partial charge is 0.344 e. The van der Waals surface area contributed by atoms with E-state index in [1.165, 1.54) is 0 Å². The number of hydrogen-bond donors (Lipinski definition) is 3. The van der Waals surface area contributed by atoms with Crippen molar-refractivity contribution in [2.24, 2.45) is 5.84 Å². The number of para-hydroxylation sites is 1. The Labute approximate surface area is 159 Å². The number of nitrogens with zero attached hydrogens (tertiary/aromatic N) is 2. The van der Waals surface area contributed by atoms with E-state index in [1.807, 2.05) is 30.3 Å². The summed E-state index contributed by atoms with van der Waals surface area (Å²) in [6.45, 7) is 2.01. The van der Waals surface area contributed by atoms with Gasteiger partial charge in [0.25, 0.3) is 5.56 Å². The third-order valence-electron chi connectivity index (χ3n) is 5.64. The summed E-state index contributed by atoms with van der Waals surface area (Å²) in [6.07, 6.45) is -1.05. The minimum Gasteiger partial charge on any atom is -0.438 e. The molecule has 2 aliphatic rings. The zero-order valence-electron chi connectivity index (χ0n) is 15.1. The van der Waals surface area contributed by atoms with E-state index in [0.29, 0.717) is 17.9 Å². The molecular weight excluding hydrogens is 360 g/mol. The van der Waals surface area contributed by atoms with Crippen LogP contribution < -0.4 is 16.8 Å². The van der Waals surface area contributed by atoms with Gasteiger partial charge in [0.15, 0.2) is 11.8 Å². The van der Waals surface area contributed by atoms with Crippen LogP contribution in [0, 0.1) is 0 Å². The van der Waals surface area contributed by atoms with Crippen molar-refractivity contribution in [3.05, 3.63) is 63.4 Å². The molecule has 8 heteroatoms. The van der Waals surface area contributed by atoms with E-state index in [4.69, 9.17) is 15.6 Å². The van der Waals surface area contributed by atoms with Gasteiger partial charge in [0.1, 0.15) is 0 Å². The van der Waals surface area contributed by atoms with E-state index in [0.717, 1.165) is 16.5 Å². The van der Waals surface area contributed by atoms with Crippen molar-refractivity contribution in [1.29, 1.82) is 0 Å². The number of esters is 1. The van der Waals surface area contributed by atoms with Gasteiger partial charge in [-0.15, -0.1) is 0 Å². The second-order valence-corrected chi connectivity index (χ2v) is 7.10. The highest BCUT2D eigenvalue weighted by Crippen LogP contribution is 2.40.